The lowest BCUT2D eigenvalue weighted by molar-refractivity contribution is -0.142. The first-order valence-electron chi connectivity index (χ1n) is 6.97. The molecule has 7 nitrogen and oxygen atoms in total. The molecule has 0 saturated carbocycles. The molecule has 1 aliphatic rings. The van der Waals surface area contributed by atoms with Gasteiger partial charge in [-0.1, -0.05) is 0 Å². The highest BCUT2D eigenvalue weighted by Crippen LogP contribution is 2.23. The van der Waals surface area contributed by atoms with Gasteiger partial charge in [0.25, 0.3) is 0 Å². The summed E-state index contributed by atoms with van der Waals surface area (Å²) in [6.07, 6.45) is 2.09. The highest BCUT2D eigenvalue weighted by molar-refractivity contribution is 6.00. The molecule has 10 heteroatoms. The van der Waals surface area contributed by atoms with Crippen molar-refractivity contribution in [2.24, 2.45) is 7.05 Å². The third-order valence-electron chi connectivity index (χ3n) is 3.52. The van der Waals surface area contributed by atoms with Crippen LogP contribution in [0.2, 0.25) is 0 Å². The third kappa shape index (κ3) is 3.46. The number of aromatic nitrogens is 4. The first kappa shape index (κ1) is 15.4. The number of nitrogens with zero attached hydrogens (tertiary/aromatic N) is 5. The van der Waals surface area contributed by atoms with Crippen molar-refractivity contribution in [3.05, 3.63) is 24.8 Å². The molecule has 0 aromatic carbocycles. The molecule has 1 saturated heterocycles. The number of carbonyl (C=O) groups is 1. The maximum Gasteiger partial charge on any atom is 0.408 e. The summed E-state index contributed by atoms with van der Waals surface area (Å²) in [7, 11) is 1.76. The summed E-state index contributed by atoms with van der Waals surface area (Å²) in [6.45, 7) is -0.631. The average Bonchev–Trinajstić information content (AvgIpc) is 3.12. The van der Waals surface area contributed by atoms with Gasteiger partial charge >= 0.3 is 6.18 Å². The Balaban J connectivity index is 1.64. The predicted molar refractivity (Wildman–Crippen MR) is 75.9 cm³/mol. The summed E-state index contributed by atoms with van der Waals surface area (Å²) >= 11 is 0. The number of nitrogens with one attached hydrogen (secondary N) is 1. The third-order valence-corrected chi connectivity index (χ3v) is 3.52. The van der Waals surface area contributed by atoms with Crippen LogP contribution in [0, 0.1) is 0 Å². The Bertz CT molecular complexity index is 707. The second-order valence-electron chi connectivity index (χ2n) is 5.39. The minimum Gasteiger partial charge on any atom is -0.371 e. The van der Waals surface area contributed by atoms with Gasteiger partial charge in [-0.2, -0.15) is 23.4 Å². The largest absolute Gasteiger partial charge is 0.408 e. The Morgan fingerprint density at radius 3 is 2.74 bits per heavy atom. The predicted octanol–water partition coefficient (Wildman–Crippen LogP) is 1.40. The fourth-order valence-electron chi connectivity index (χ4n) is 2.53. The van der Waals surface area contributed by atoms with Gasteiger partial charge in [-0.05, 0) is 6.42 Å². The maximum atomic E-state index is 12.4. The molecule has 0 bridgehead atoms. The molecule has 0 radical (unpaired) electrons. The number of anilines is 2. The zero-order valence-corrected chi connectivity index (χ0v) is 12.3. The van der Waals surface area contributed by atoms with Gasteiger partial charge in [0.15, 0.2) is 0 Å². The van der Waals surface area contributed by atoms with E-state index < -0.39 is 18.8 Å². The second-order valence-corrected chi connectivity index (χ2v) is 5.39. The van der Waals surface area contributed by atoms with Crippen molar-refractivity contribution in [1.29, 1.82) is 0 Å². The number of hydrogen-bond donors (Lipinski definition) is 1. The molecular formula is C13H15F3N6O. The summed E-state index contributed by atoms with van der Waals surface area (Å²) < 4.78 is 39.3. The smallest absolute Gasteiger partial charge is 0.371 e. The first-order valence-corrected chi connectivity index (χ1v) is 6.97. The van der Waals surface area contributed by atoms with E-state index in [-0.39, 0.29) is 5.91 Å². The fourth-order valence-corrected chi connectivity index (χ4v) is 2.53. The topological polar surface area (TPSA) is 68.0 Å². The van der Waals surface area contributed by atoms with E-state index in [9.17, 15) is 18.0 Å². The maximum absolute atomic E-state index is 12.4. The molecule has 0 unspecified atom stereocenters. The van der Waals surface area contributed by atoms with E-state index in [2.05, 4.69) is 15.5 Å². The monoisotopic (exact) mass is 328 g/mol. The summed E-state index contributed by atoms with van der Waals surface area (Å²) in [5.74, 6) is -0.137. The van der Waals surface area contributed by atoms with E-state index in [0.29, 0.717) is 24.3 Å². The van der Waals surface area contributed by atoms with E-state index in [1.54, 1.807) is 29.0 Å². The fraction of sp³-hybridized carbons (Fsp3) is 0.462. The Kier molecular flexibility index (Phi) is 3.74. The second kappa shape index (κ2) is 5.60. The number of amides is 1. The van der Waals surface area contributed by atoms with Crippen molar-refractivity contribution in [2.45, 2.75) is 25.2 Å². The van der Waals surface area contributed by atoms with E-state index in [1.165, 1.54) is 12.4 Å². The molecule has 1 N–H and O–H groups in total. The van der Waals surface area contributed by atoms with E-state index in [0.717, 1.165) is 4.68 Å². The van der Waals surface area contributed by atoms with E-state index in [4.69, 9.17) is 0 Å². The SMILES string of the molecule is Cn1cc(N2CC[C@@H](Nc3cnn(CC(F)(F)F)c3)C2=O)cn1. The molecule has 1 atom stereocenters. The Morgan fingerprint density at radius 1 is 1.30 bits per heavy atom. The minimum absolute atomic E-state index is 0.137. The summed E-state index contributed by atoms with van der Waals surface area (Å²) in [5.41, 5.74) is 1.09. The highest BCUT2D eigenvalue weighted by atomic mass is 19.4. The van der Waals surface area contributed by atoms with Gasteiger partial charge in [-0.25, -0.2) is 0 Å². The van der Waals surface area contributed by atoms with E-state index in [1.807, 2.05) is 0 Å². The van der Waals surface area contributed by atoms with Crippen LogP contribution in [0.25, 0.3) is 0 Å². The van der Waals surface area contributed by atoms with Crippen LogP contribution in [0.15, 0.2) is 24.8 Å². The molecule has 0 aliphatic carbocycles. The Morgan fingerprint density at radius 2 is 2.09 bits per heavy atom. The van der Waals surface area contributed by atoms with Crippen LogP contribution in [0.4, 0.5) is 24.5 Å². The van der Waals surface area contributed by atoms with Gasteiger partial charge in [0.05, 0.1) is 23.8 Å². The van der Waals surface area contributed by atoms with Gasteiger partial charge in [0, 0.05) is 26.0 Å². The quantitative estimate of drug-likeness (QED) is 0.921. The minimum atomic E-state index is -4.33. The lowest BCUT2D eigenvalue weighted by atomic mass is 10.2. The van der Waals surface area contributed by atoms with Crippen molar-refractivity contribution in [2.75, 3.05) is 16.8 Å². The summed E-state index contributed by atoms with van der Waals surface area (Å²) in [4.78, 5) is 14.0. The van der Waals surface area contributed by atoms with Crippen LogP contribution in [0.5, 0.6) is 0 Å². The van der Waals surface area contributed by atoms with Crippen LogP contribution in [-0.2, 0) is 18.4 Å². The standard InChI is InChI=1S/C13H15F3N6O/c1-20-7-10(5-17-20)22-3-2-11(12(22)23)19-9-4-18-21(6-9)8-13(14,15)16/h4-7,11,19H,2-3,8H2,1H3/t11-/m1/s1. The lowest BCUT2D eigenvalue weighted by Gasteiger charge is -2.15. The van der Waals surface area contributed by atoms with E-state index >= 15 is 0 Å². The molecule has 0 spiro atoms. The molecule has 2 aromatic rings. The van der Waals surface area contributed by atoms with Gasteiger partial charge in [-0.15, -0.1) is 0 Å². The molecule has 3 heterocycles. The number of rotatable bonds is 4. The molecular weight excluding hydrogens is 313 g/mol. The first-order chi connectivity index (χ1) is 10.8. The molecule has 3 rings (SSSR count). The zero-order chi connectivity index (χ0) is 16.6. The molecule has 1 aliphatic heterocycles. The van der Waals surface area contributed by atoms with Crippen LogP contribution in [0.1, 0.15) is 6.42 Å². The summed E-state index contributed by atoms with van der Waals surface area (Å²) in [6, 6.07) is -0.487. The zero-order valence-electron chi connectivity index (χ0n) is 12.3. The van der Waals surface area contributed by atoms with Crippen molar-refractivity contribution < 1.29 is 18.0 Å². The van der Waals surface area contributed by atoms with Crippen LogP contribution < -0.4 is 10.2 Å². The summed E-state index contributed by atoms with van der Waals surface area (Å²) in [5, 5.41) is 10.6. The van der Waals surface area contributed by atoms with Crippen LogP contribution in [0.3, 0.4) is 0 Å². The number of hydrogen-bond acceptors (Lipinski definition) is 4. The average molecular weight is 328 g/mol. The van der Waals surface area contributed by atoms with Crippen molar-refractivity contribution in [3.63, 3.8) is 0 Å². The van der Waals surface area contributed by atoms with Crippen molar-refractivity contribution in [3.8, 4) is 0 Å². The molecule has 23 heavy (non-hydrogen) atoms. The van der Waals surface area contributed by atoms with Crippen molar-refractivity contribution in [1.82, 2.24) is 19.6 Å². The number of aryl methyl sites for hydroxylation is 1. The van der Waals surface area contributed by atoms with Crippen LogP contribution >= 0.6 is 0 Å². The normalized spacial score (nSPS) is 18.7. The molecule has 1 amide bonds. The number of carbonyl (C=O) groups excluding carboxylic acids is 1. The van der Waals surface area contributed by atoms with Gasteiger partial charge < -0.3 is 10.2 Å². The van der Waals surface area contributed by atoms with Crippen molar-refractivity contribution >= 4 is 17.3 Å². The van der Waals surface area contributed by atoms with Crippen LogP contribution in [-0.4, -0.2) is 44.2 Å². The number of halogens is 3. The molecule has 2 aromatic heterocycles. The molecule has 1 fully saturated rings. The van der Waals surface area contributed by atoms with Gasteiger partial charge in [-0.3, -0.25) is 14.2 Å². The highest BCUT2D eigenvalue weighted by Gasteiger charge is 2.33. The van der Waals surface area contributed by atoms with Gasteiger partial charge in [0.2, 0.25) is 5.91 Å². The lowest BCUT2D eigenvalue weighted by Crippen LogP contribution is -2.33. The molecule has 124 valence electrons. The number of alkyl halides is 3. The van der Waals surface area contributed by atoms with Gasteiger partial charge in [0.1, 0.15) is 12.6 Å². The Labute approximate surface area is 129 Å². The Hall–Kier alpha value is -2.52.